The van der Waals surface area contributed by atoms with Crippen LogP contribution in [0.15, 0.2) is 42.5 Å². The second-order valence-corrected chi connectivity index (χ2v) is 5.54. The number of rotatable bonds is 8. The van der Waals surface area contributed by atoms with E-state index in [1.165, 1.54) is 12.1 Å². The van der Waals surface area contributed by atoms with Crippen molar-refractivity contribution in [1.82, 2.24) is 0 Å². The number of nitrogens with one attached hydrogen (secondary N) is 1. The maximum atomic E-state index is 12.5. The van der Waals surface area contributed by atoms with Gasteiger partial charge < -0.3 is 19.9 Å². The minimum Gasteiger partial charge on any atom is -0.491 e. The molecule has 0 aliphatic carbocycles. The van der Waals surface area contributed by atoms with Gasteiger partial charge in [-0.2, -0.15) is 0 Å². The molecule has 132 valence electrons. The van der Waals surface area contributed by atoms with Crippen LogP contribution in [-0.4, -0.2) is 37.3 Å². The summed E-state index contributed by atoms with van der Waals surface area (Å²) in [6.45, 7) is 2.81. The molecule has 6 heteroatoms. The molecule has 0 fully saturated rings. The van der Waals surface area contributed by atoms with Crippen LogP contribution in [0.25, 0.3) is 0 Å². The summed E-state index contributed by atoms with van der Waals surface area (Å²) in [6.07, 6.45) is 0.735. The Morgan fingerprint density at radius 2 is 1.80 bits per heavy atom. The molecule has 0 aliphatic rings. The van der Waals surface area contributed by atoms with Crippen molar-refractivity contribution in [3.63, 3.8) is 0 Å². The Balaban J connectivity index is 2.14. The first-order valence-electron chi connectivity index (χ1n) is 7.88. The summed E-state index contributed by atoms with van der Waals surface area (Å²) in [5, 5.41) is 11.9. The highest BCUT2D eigenvalue weighted by molar-refractivity contribution is 6.06. The topological polar surface area (TPSA) is 84.9 Å². The number of hydrogen-bond acceptors (Lipinski definition) is 4. The molecule has 2 rings (SSSR count). The van der Waals surface area contributed by atoms with Crippen LogP contribution in [0, 0.1) is 6.92 Å². The van der Waals surface area contributed by atoms with Crippen LogP contribution >= 0.6 is 0 Å². The van der Waals surface area contributed by atoms with E-state index in [0.29, 0.717) is 30.2 Å². The molecule has 0 radical (unpaired) electrons. The molecule has 0 aromatic heterocycles. The van der Waals surface area contributed by atoms with Gasteiger partial charge in [-0.25, -0.2) is 4.79 Å². The van der Waals surface area contributed by atoms with Crippen LogP contribution in [-0.2, 0) is 4.74 Å². The summed E-state index contributed by atoms with van der Waals surface area (Å²) in [4.78, 5) is 23.6. The molecule has 0 spiro atoms. The molecule has 0 heterocycles. The lowest BCUT2D eigenvalue weighted by Crippen LogP contribution is -2.14. The molecule has 2 aromatic rings. The van der Waals surface area contributed by atoms with Crippen molar-refractivity contribution in [3.8, 4) is 5.75 Å². The number of aromatic carboxylic acids is 1. The number of anilines is 1. The largest absolute Gasteiger partial charge is 0.491 e. The molecule has 1 amide bonds. The molecule has 2 aromatic carbocycles. The van der Waals surface area contributed by atoms with Crippen molar-refractivity contribution >= 4 is 17.6 Å². The van der Waals surface area contributed by atoms with Crippen LogP contribution in [0.1, 0.15) is 32.7 Å². The van der Waals surface area contributed by atoms with Gasteiger partial charge in [-0.1, -0.05) is 12.1 Å². The van der Waals surface area contributed by atoms with Gasteiger partial charge in [-0.15, -0.1) is 0 Å². The van der Waals surface area contributed by atoms with Gasteiger partial charge in [-0.3, -0.25) is 4.79 Å². The molecular formula is C19H21NO5. The molecule has 0 saturated carbocycles. The standard InChI is InChI=1S/C19H21NO5/c1-13-10-14(12-15(11-13)19(22)23)18(21)20-16-6-3-4-7-17(16)25-9-5-8-24-2/h3-4,6-7,10-12H,5,8-9H2,1-2H3,(H,20,21)(H,22,23). The Hall–Kier alpha value is -2.86. The van der Waals surface area contributed by atoms with Gasteiger partial charge in [0.1, 0.15) is 5.75 Å². The highest BCUT2D eigenvalue weighted by Crippen LogP contribution is 2.25. The van der Waals surface area contributed by atoms with Crippen LogP contribution in [0.5, 0.6) is 5.75 Å². The normalized spacial score (nSPS) is 10.3. The third-order valence-corrected chi connectivity index (χ3v) is 3.47. The summed E-state index contributed by atoms with van der Waals surface area (Å²) >= 11 is 0. The van der Waals surface area contributed by atoms with E-state index in [1.54, 1.807) is 38.3 Å². The predicted octanol–water partition coefficient (Wildman–Crippen LogP) is 3.36. The number of para-hydroxylation sites is 2. The maximum Gasteiger partial charge on any atom is 0.335 e. The number of hydrogen-bond donors (Lipinski definition) is 2. The quantitative estimate of drug-likeness (QED) is 0.718. The van der Waals surface area contributed by atoms with Gasteiger partial charge in [0.25, 0.3) is 5.91 Å². The second-order valence-electron chi connectivity index (χ2n) is 5.54. The van der Waals surface area contributed by atoms with Gasteiger partial charge in [0.05, 0.1) is 17.9 Å². The minimum atomic E-state index is -1.07. The number of aryl methyl sites for hydroxylation is 1. The summed E-state index contributed by atoms with van der Waals surface area (Å²) < 4.78 is 10.6. The van der Waals surface area contributed by atoms with E-state index in [4.69, 9.17) is 14.6 Å². The highest BCUT2D eigenvalue weighted by Gasteiger charge is 2.13. The van der Waals surface area contributed by atoms with E-state index in [1.807, 2.05) is 6.07 Å². The number of carboxylic acid groups (broad SMARTS) is 1. The average Bonchev–Trinajstić information content (AvgIpc) is 2.59. The number of carboxylic acids is 1. The first-order chi connectivity index (χ1) is 12.0. The van der Waals surface area contributed by atoms with Crippen molar-refractivity contribution in [2.45, 2.75) is 13.3 Å². The Bertz CT molecular complexity index is 757. The molecule has 0 bridgehead atoms. The SMILES string of the molecule is COCCCOc1ccccc1NC(=O)c1cc(C)cc(C(=O)O)c1. The third kappa shape index (κ3) is 5.32. The fourth-order valence-electron chi connectivity index (χ4n) is 2.31. The number of carbonyl (C=O) groups is 2. The van der Waals surface area contributed by atoms with Gasteiger partial charge >= 0.3 is 5.97 Å². The van der Waals surface area contributed by atoms with Crippen molar-refractivity contribution in [3.05, 3.63) is 59.2 Å². The molecule has 0 saturated heterocycles. The minimum absolute atomic E-state index is 0.0780. The smallest absolute Gasteiger partial charge is 0.335 e. The molecule has 0 aliphatic heterocycles. The monoisotopic (exact) mass is 343 g/mol. The third-order valence-electron chi connectivity index (χ3n) is 3.47. The second kappa shape index (κ2) is 8.84. The first kappa shape index (κ1) is 18.5. The van der Waals surface area contributed by atoms with Crippen molar-refractivity contribution in [2.75, 3.05) is 25.6 Å². The van der Waals surface area contributed by atoms with Crippen molar-refractivity contribution < 1.29 is 24.2 Å². The Kier molecular flexibility index (Phi) is 6.54. The lowest BCUT2D eigenvalue weighted by Gasteiger charge is -2.13. The fourth-order valence-corrected chi connectivity index (χ4v) is 2.31. The number of carbonyl (C=O) groups excluding carboxylic acids is 1. The summed E-state index contributed by atoms with van der Waals surface area (Å²) in [7, 11) is 1.63. The lowest BCUT2D eigenvalue weighted by atomic mass is 10.1. The summed E-state index contributed by atoms with van der Waals surface area (Å²) in [5.74, 6) is -0.906. The molecule has 0 atom stereocenters. The van der Waals surface area contributed by atoms with Crippen LogP contribution in [0.2, 0.25) is 0 Å². The Morgan fingerprint density at radius 1 is 1.08 bits per heavy atom. The van der Waals surface area contributed by atoms with Gasteiger partial charge in [0, 0.05) is 25.7 Å². The number of benzene rings is 2. The Labute approximate surface area is 146 Å². The van der Waals surface area contributed by atoms with Gasteiger partial charge in [0.15, 0.2) is 0 Å². The van der Waals surface area contributed by atoms with E-state index < -0.39 is 5.97 Å². The summed E-state index contributed by atoms with van der Waals surface area (Å²) in [6, 6.07) is 11.6. The number of ether oxygens (including phenoxy) is 2. The van der Waals surface area contributed by atoms with E-state index in [0.717, 1.165) is 6.42 Å². The zero-order chi connectivity index (χ0) is 18.2. The Morgan fingerprint density at radius 3 is 2.52 bits per heavy atom. The van der Waals surface area contributed by atoms with Gasteiger partial charge in [0.2, 0.25) is 0 Å². The molecule has 2 N–H and O–H groups in total. The maximum absolute atomic E-state index is 12.5. The first-order valence-corrected chi connectivity index (χ1v) is 7.88. The fraction of sp³-hybridized carbons (Fsp3) is 0.263. The van der Waals surface area contributed by atoms with E-state index in [-0.39, 0.29) is 17.0 Å². The zero-order valence-corrected chi connectivity index (χ0v) is 14.2. The summed E-state index contributed by atoms with van der Waals surface area (Å²) in [5.41, 5.74) is 1.60. The molecule has 6 nitrogen and oxygen atoms in total. The van der Waals surface area contributed by atoms with Crippen LogP contribution < -0.4 is 10.1 Å². The zero-order valence-electron chi connectivity index (χ0n) is 14.2. The van der Waals surface area contributed by atoms with Crippen LogP contribution in [0.3, 0.4) is 0 Å². The average molecular weight is 343 g/mol. The number of methoxy groups -OCH3 is 1. The van der Waals surface area contributed by atoms with E-state index in [2.05, 4.69) is 5.32 Å². The number of amides is 1. The van der Waals surface area contributed by atoms with Crippen molar-refractivity contribution in [1.29, 1.82) is 0 Å². The molecule has 25 heavy (non-hydrogen) atoms. The predicted molar refractivity (Wildman–Crippen MR) is 94.5 cm³/mol. The van der Waals surface area contributed by atoms with Crippen LogP contribution in [0.4, 0.5) is 5.69 Å². The highest BCUT2D eigenvalue weighted by atomic mass is 16.5. The van der Waals surface area contributed by atoms with Crippen molar-refractivity contribution in [2.24, 2.45) is 0 Å². The molecule has 0 unspecified atom stereocenters. The molecular weight excluding hydrogens is 322 g/mol. The lowest BCUT2D eigenvalue weighted by molar-refractivity contribution is 0.0696. The van der Waals surface area contributed by atoms with Gasteiger partial charge in [-0.05, 0) is 42.8 Å². The van der Waals surface area contributed by atoms with E-state index in [9.17, 15) is 9.59 Å². The van der Waals surface area contributed by atoms with E-state index >= 15 is 0 Å².